The largest absolute Gasteiger partial charge is 0.298 e. The van der Waals surface area contributed by atoms with Gasteiger partial charge in [0.05, 0.1) is 21.2 Å². The van der Waals surface area contributed by atoms with E-state index in [1.165, 1.54) is 34.4 Å². The molecule has 120 valence electrons. The van der Waals surface area contributed by atoms with Gasteiger partial charge in [0.15, 0.2) is 5.13 Å². The smallest absolute Gasteiger partial charge is 0.270 e. The molecular weight excluding hydrogens is 338 g/mol. The molecule has 1 amide bonds. The summed E-state index contributed by atoms with van der Waals surface area (Å²) in [6.07, 6.45) is 2.99. The Morgan fingerprint density at radius 2 is 2.30 bits per heavy atom. The van der Waals surface area contributed by atoms with Crippen molar-refractivity contribution in [2.75, 3.05) is 5.32 Å². The third kappa shape index (κ3) is 3.35. The lowest BCUT2D eigenvalue weighted by Crippen LogP contribution is -2.13. The standard InChI is InChI=1S/C15H14ClN3O3S/c1-8-2-5-12-13(6-8)23-15(17-12)18-14(20)10-7-9(19(21)22)3-4-11(10)16/h3-4,7-8H,2,5-6H2,1H3,(H,17,18,20)/t8-/m1/s1. The van der Waals surface area contributed by atoms with Crippen LogP contribution in [0.15, 0.2) is 18.2 Å². The maximum Gasteiger partial charge on any atom is 0.270 e. The molecule has 0 fully saturated rings. The Morgan fingerprint density at radius 3 is 3.04 bits per heavy atom. The molecule has 23 heavy (non-hydrogen) atoms. The lowest BCUT2D eigenvalue weighted by molar-refractivity contribution is -0.384. The molecule has 1 aromatic heterocycles. The number of thiazole rings is 1. The van der Waals surface area contributed by atoms with Crippen molar-refractivity contribution in [2.45, 2.75) is 26.2 Å². The molecule has 0 bridgehead atoms. The first-order valence-corrected chi connectivity index (χ1v) is 8.37. The lowest BCUT2D eigenvalue weighted by Gasteiger charge is -2.15. The summed E-state index contributed by atoms with van der Waals surface area (Å²) in [5.74, 6) is 0.135. The van der Waals surface area contributed by atoms with E-state index in [4.69, 9.17) is 11.6 Å². The molecule has 1 aromatic carbocycles. The first kappa shape index (κ1) is 15.9. The molecule has 1 N–H and O–H groups in total. The second-order valence-corrected chi connectivity index (χ2v) is 7.10. The van der Waals surface area contributed by atoms with Crippen molar-refractivity contribution in [2.24, 2.45) is 5.92 Å². The topological polar surface area (TPSA) is 85.1 Å². The number of aryl methyl sites for hydroxylation is 1. The van der Waals surface area contributed by atoms with Crippen molar-refractivity contribution in [3.63, 3.8) is 0 Å². The molecule has 1 aliphatic rings. The van der Waals surface area contributed by atoms with E-state index >= 15 is 0 Å². The van der Waals surface area contributed by atoms with Gasteiger partial charge in [0.2, 0.25) is 0 Å². The van der Waals surface area contributed by atoms with Crippen LogP contribution in [0.5, 0.6) is 0 Å². The first-order chi connectivity index (χ1) is 10.9. The van der Waals surface area contributed by atoms with E-state index in [1.54, 1.807) is 0 Å². The number of hydrogen-bond acceptors (Lipinski definition) is 5. The highest BCUT2D eigenvalue weighted by atomic mass is 35.5. The summed E-state index contributed by atoms with van der Waals surface area (Å²) in [4.78, 5) is 28.3. The number of benzene rings is 1. The second-order valence-electron chi connectivity index (χ2n) is 5.61. The molecule has 0 unspecified atom stereocenters. The van der Waals surface area contributed by atoms with Gasteiger partial charge >= 0.3 is 0 Å². The molecule has 8 heteroatoms. The zero-order chi connectivity index (χ0) is 16.6. The zero-order valence-electron chi connectivity index (χ0n) is 12.3. The summed E-state index contributed by atoms with van der Waals surface area (Å²) >= 11 is 7.44. The highest BCUT2D eigenvalue weighted by Gasteiger charge is 2.22. The Morgan fingerprint density at radius 1 is 1.52 bits per heavy atom. The number of amides is 1. The van der Waals surface area contributed by atoms with Gasteiger partial charge in [-0.05, 0) is 31.2 Å². The Hall–Kier alpha value is -1.99. The van der Waals surface area contributed by atoms with Crippen LogP contribution in [0, 0.1) is 16.0 Å². The predicted octanol–water partition coefficient (Wildman–Crippen LogP) is 4.08. The number of nitrogens with one attached hydrogen (secondary N) is 1. The van der Waals surface area contributed by atoms with E-state index in [9.17, 15) is 14.9 Å². The Balaban J connectivity index is 1.82. The van der Waals surface area contributed by atoms with E-state index in [0.29, 0.717) is 11.0 Å². The van der Waals surface area contributed by atoms with Crippen LogP contribution in [0.1, 0.15) is 34.3 Å². The van der Waals surface area contributed by atoms with E-state index in [-0.39, 0.29) is 16.3 Å². The molecule has 0 saturated carbocycles. The van der Waals surface area contributed by atoms with Crippen LogP contribution < -0.4 is 5.32 Å². The highest BCUT2D eigenvalue weighted by Crippen LogP contribution is 2.32. The average Bonchev–Trinajstić information content (AvgIpc) is 2.88. The molecule has 6 nitrogen and oxygen atoms in total. The summed E-state index contributed by atoms with van der Waals surface area (Å²) in [7, 11) is 0. The van der Waals surface area contributed by atoms with Gasteiger partial charge in [0.25, 0.3) is 11.6 Å². The van der Waals surface area contributed by atoms with Gasteiger partial charge in [0, 0.05) is 17.0 Å². The van der Waals surface area contributed by atoms with Crippen molar-refractivity contribution in [1.82, 2.24) is 4.98 Å². The first-order valence-electron chi connectivity index (χ1n) is 7.18. The van der Waals surface area contributed by atoms with Crippen molar-refractivity contribution < 1.29 is 9.72 Å². The van der Waals surface area contributed by atoms with Crippen LogP contribution in [0.25, 0.3) is 0 Å². The van der Waals surface area contributed by atoms with Gasteiger partial charge in [0.1, 0.15) is 0 Å². The summed E-state index contributed by atoms with van der Waals surface area (Å²) in [5.41, 5.74) is 0.933. The molecule has 2 aromatic rings. The fourth-order valence-electron chi connectivity index (χ4n) is 2.56. The van der Waals surface area contributed by atoms with Gasteiger partial charge in [-0.1, -0.05) is 18.5 Å². The van der Waals surface area contributed by atoms with Crippen molar-refractivity contribution in [1.29, 1.82) is 0 Å². The summed E-state index contributed by atoms with van der Waals surface area (Å²) in [6, 6.07) is 3.79. The molecule has 0 saturated heterocycles. The number of anilines is 1. The van der Waals surface area contributed by atoms with Gasteiger partial charge < -0.3 is 0 Å². The van der Waals surface area contributed by atoms with Crippen LogP contribution in [0.2, 0.25) is 5.02 Å². The third-order valence-electron chi connectivity index (χ3n) is 3.81. The SMILES string of the molecule is C[C@@H]1CCc2nc(NC(=O)c3cc([N+](=O)[O-])ccc3Cl)sc2C1. The number of nitrogens with zero attached hydrogens (tertiary/aromatic N) is 2. The van der Waals surface area contributed by atoms with Crippen LogP contribution in [0.4, 0.5) is 10.8 Å². The molecule has 0 radical (unpaired) electrons. The minimum absolute atomic E-state index is 0.0717. The van der Waals surface area contributed by atoms with Crippen molar-refractivity contribution >= 4 is 39.7 Å². The Bertz CT molecular complexity index is 790. The maximum absolute atomic E-state index is 12.3. The van der Waals surface area contributed by atoms with E-state index in [1.807, 2.05) is 0 Å². The molecular formula is C15H14ClN3O3S. The number of fused-ring (bicyclic) bond motifs is 1. The van der Waals surface area contributed by atoms with E-state index < -0.39 is 10.8 Å². The van der Waals surface area contributed by atoms with Crippen LogP contribution in [0.3, 0.4) is 0 Å². The summed E-state index contributed by atoms with van der Waals surface area (Å²) in [6.45, 7) is 2.20. The number of carbonyl (C=O) groups is 1. The number of non-ortho nitro benzene ring substituents is 1. The molecule has 0 aliphatic heterocycles. The molecule has 1 heterocycles. The quantitative estimate of drug-likeness (QED) is 0.666. The third-order valence-corrected chi connectivity index (χ3v) is 5.18. The second kappa shape index (κ2) is 6.25. The molecule has 1 atom stereocenters. The van der Waals surface area contributed by atoms with Gasteiger partial charge in [-0.2, -0.15) is 0 Å². The molecule has 0 spiro atoms. The number of rotatable bonds is 3. The van der Waals surface area contributed by atoms with Gasteiger partial charge in [-0.3, -0.25) is 20.2 Å². The fourth-order valence-corrected chi connectivity index (χ4v) is 3.93. The fraction of sp³-hybridized carbons (Fsp3) is 0.333. The minimum Gasteiger partial charge on any atom is -0.298 e. The maximum atomic E-state index is 12.3. The monoisotopic (exact) mass is 351 g/mol. The predicted molar refractivity (Wildman–Crippen MR) is 89.4 cm³/mol. The van der Waals surface area contributed by atoms with Crippen molar-refractivity contribution in [3.8, 4) is 0 Å². The molecule has 1 aliphatic carbocycles. The van der Waals surface area contributed by atoms with Gasteiger partial charge in [-0.25, -0.2) is 4.98 Å². The van der Waals surface area contributed by atoms with Crippen LogP contribution in [-0.2, 0) is 12.8 Å². The number of nitro groups is 1. The molecule has 3 rings (SSSR count). The number of hydrogen-bond donors (Lipinski definition) is 1. The average molecular weight is 352 g/mol. The lowest BCUT2D eigenvalue weighted by atomic mass is 9.93. The zero-order valence-corrected chi connectivity index (χ0v) is 13.9. The summed E-state index contributed by atoms with van der Waals surface area (Å²) < 4.78 is 0. The van der Waals surface area contributed by atoms with E-state index in [0.717, 1.165) is 25.0 Å². The number of halogens is 1. The number of aromatic nitrogens is 1. The van der Waals surface area contributed by atoms with Gasteiger partial charge in [-0.15, -0.1) is 11.3 Å². The van der Waals surface area contributed by atoms with Crippen molar-refractivity contribution in [3.05, 3.63) is 49.5 Å². The van der Waals surface area contributed by atoms with Crippen LogP contribution >= 0.6 is 22.9 Å². The van der Waals surface area contributed by atoms with E-state index in [2.05, 4.69) is 17.2 Å². The summed E-state index contributed by atoms with van der Waals surface area (Å²) in [5, 5.41) is 14.2. The number of carbonyl (C=O) groups excluding carboxylic acids is 1. The Labute approximate surface area is 141 Å². The van der Waals surface area contributed by atoms with Crippen LogP contribution in [-0.4, -0.2) is 15.8 Å². The Kier molecular flexibility index (Phi) is 4.32. The highest BCUT2D eigenvalue weighted by molar-refractivity contribution is 7.15. The number of nitro benzene ring substituents is 1. The minimum atomic E-state index is -0.559. The normalized spacial score (nSPS) is 16.7.